The summed E-state index contributed by atoms with van der Waals surface area (Å²) in [4.78, 5) is 9.13. The maximum Gasteiger partial charge on any atom is 0.137 e. The summed E-state index contributed by atoms with van der Waals surface area (Å²) in [6.45, 7) is 0. The van der Waals surface area contributed by atoms with Crippen LogP contribution in [0.25, 0.3) is 77.0 Å². The van der Waals surface area contributed by atoms with E-state index in [-0.39, 0.29) is 0 Å². The van der Waals surface area contributed by atoms with E-state index in [2.05, 4.69) is 129 Å². The van der Waals surface area contributed by atoms with E-state index in [4.69, 9.17) is 4.98 Å². The molecule has 196 valence electrons. The minimum Gasteiger partial charge on any atom is -0.309 e. The van der Waals surface area contributed by atoms with Crippen molar-refractivity contribution < 1.29 is 0 Å². The molecule has 0 amide bonds. The van der Waals surface area contributed by atoms with Crippen LogP contribution in [0.3, 0.4) is 0 Å². The second-order valence-electron chi connectivity index (χ2n) is 10.7. The summed E-state index contributed by atoms with van der Waals surface area (Å²) >= 11 is 0. The average molecular weight is 537 g/mol. The molecule has 0 aliphatic heterocycles. The van der Waals surface area contributed by atoms with Gasteiger partial charge in [-0.15, -0.1) is 0 Å². The van der Waals surface area contributed by atoms with Gasteiger partial charge in [-0.25, -0.2) is 4.98 Å². The average Bonchev–Trinajstić information content (AvgIpc) is 3.57. The summed E-state index contributed by atoms with van der Waals surface area (Å²) in [5.41, 5.74) is 8.05. The van der Waals surface area contributed by atoms with Crippen molar-refractivity contribution in [1.82, 2.24) is 19.1 Å². The van der Waals surface area contributed by atoms with E-state index in [1.807, 2.05) is 30.7 Å². The number of hydrogen-bond donors (Lipinski definition) is 0. The third-order valence-electron chi connectivity index (χ3n) is 8.45. The first-order chi connectivity index (χ1) is 20.8. The lowest BCUT2D eigenvalue weighted by Crippen LogP contribution is -1.98. The van der Waals surface area contributed by atoms with Gasteiger partial charge in [-0.2, -0.15) is 0 Å². The maximum absolute atomic E-state index is 4.98. The topological polar surface area (TPSA) is 35.6 Å². The quantitative estimate of drug-likeness (QED) is 0.225. The predicted molar refractivity (Wildman–Crippen MR) is 174 cm³/mol. The number of rotatable bonds is 3. The molecule has 0 spiro atoms. The second-order valence-corrected chi connectivity index (χ2v) is 10.7. The molecule has 9 rings (SSSR count). The van der Waals surface area contributed by atoms with E-state index in [0.29, 0.717) is 0 Å². The summed E-state index contributed by atoms with van der Waals surface area (Å²) in [5, 5.41) is 7.39. The van der Waals surface area contributed by atoms with Crippen LogP contribution in [-0.4, -0.2) is 19.1 Å². The van der Waals surface area contributed by atoms with Gasteiger partial charge in [0.25, 0.3) is 0 Å². The zero-order valence-corrected chi connectivity index (χ0v) is 22.6. The van der Waals surface area contributed by atoms with Crippen LogP contribution >= 0.6 is 0 Å². The van der Waals surface area contributed by atoms with Crippen molar-refractivity contribution in [2.24, 2.45) is 0 Å². The van der Waals surface area contributed by atoms with E-state index in [1.165, 1.54) is 43.4 Å². The predicted octanol–water partition coefficient (Wildman–Crippen LogP) is 9.49. The number of para-hydroxylation sites is 3. The molecule has 0 bridgehead atoms. The number of pyridine rings is 2. The van der Waals surface area contributed by atoms with Crippen molar-refractivity contribution in [2.45, 2.75) is 0 Å². The van der Waals surface area contributed by atoms with Gasteiger partial charge in [0.1, 0.15) is 5.82 Å². The molecule has 4 heteroatoms. The fraction of sp³-hybridized carbons (Fsp3) is 0. The van der Waals surface area contributed by atoms with E-state index < -0.39 is 0 Å². The molecule has 0 fully saturated rings. The highest BCUT2D eigenvalue weighted by Crippen LogP contribution is 2.40. The third kappa shape index (κ3) is 3.29. The number of nitrogens with zero attached hydrogens (tertiary/aromatic N) is 4. The highest BCUT2D eigenvalue weighted by Gasteiger charge is 2.18. The largest absolute Gasteiger partial charge is 0.309 e. The van der Waals surface area contributed by atoms with Gasteiger partial charge >= 0.3 is 0 Å². The Morgan fingerprint density at radius 3 is 1.93 bits per heavy atom. The molecule has 0 aliphatic carbocycles. The molecule has 42 heavy (non-hydrogen) atoms. The van der Waals surface area contributed by atoms with Crippen molar-refractivity contribution in [1.29, 1.82) is 0 Å². The van der Waals surface area contributed by atoms with Crippen LogP contribution in [0.5, 0.6) is 0 Å². The molecule has 0 unspecified atom stereocenters. The van der Waals surface area contributed by atoms with Gasteiger partial charge in [-0.3, -0.25) is 9.55 Å². The number of aromatic nitrogens is 4. The Balaban J connectivity index is 1.38. The summed E-state index contributed by atoms with van der Waals surface area (Å²) in [7, 11) is 0. The molecular weight excluding hydrogens is 512 g/mol. The third-order valence-corrected chi connectivity index (χ3v) is 8.45. The fourth-order valence-electron chi connectivity index (χ4n) is 6.57. The van der Waals surface area contributed by atoms with Crippen molar-refractivity contribution in [3.8, 4) is 22.6 Å². The lowest BCUT2D eigenvalue weighted by Gasteiger charge is -2.11. The van der Waals surface area contributed by atoms with Crippen LogP contribution in [0.2, 0.25) is 0 Å². The molecule has 4 heterocycles. The maximum atomic E-state index is 4.98. The first-order valence-corrected chi connectivity index (χ1v) is 14.2. The Kier molecular flexibility index (Phi) is 4.87. The van der Waals surface area contributed by atoms with Crippen molar-refractivity contribution >= 4 is 54.4 Å². The molecule has 0 N–H and O–H groups in total. The SMILES string of the molecule is c1ccc(-n2c3ccccc3c3ccc4cc5c6ccccc6n(-c6ccc(-c7ccncc7)cn6)c5cc4c32)cc1. The van der Waals surface area contributed by atoms with Gasteiger partial charge in [0, 0.05) is 56.8 Å². The normalized spacial score (nSPS) is 11.8. The number of benzene rings is 5. The first kappa shape index (κ1) is 23.0. The molecule has 9 aromatic rings. The van der Waals surface area contributed by atoms with Crippen molar-refractivity contribution in [3.63, 3.8) is 0 Å². The van der Waals surface area contributed by atoms with Gasteiger partial charge in [0.15, 0.2) is 0 Å². The minimum absolute atomic E-state index is 0.897. The lowest BCUT2D eigenvalue weighted by atomic mass is 10.0. The van der Waals surface area contributed by atoms with Crippen LogP contribution in [0.1, 0.15) is 0 Å². The summed E-state index contributed by atoms with van der Waals surface area (Å²) < 4.78 is 4.71. The minimum atomic E-state index is 0.897. The Labute approximate surface area is 241 Å². The summed E-state index contributed by atoms with van der Waals surface area (Å²) in [6.07, 6.45) is 5.59. The summed E-state index contributed by atoms with van der Waals surface area (Å²) in [6, 6.07) is 45.6. The lowest BCUT2D eigenvalue weighted by molar-refractivity contribution is 1.08. The highest BCUT2D eigenvalue weighted by atomic mass is 15.1. The smallest absolute Gasteiger partial charge is 0.137 e. The van der Waals surface area contributed by atoms with Crippen molar-refractivity contribution in [2.75, 3.05) is 0 Å². The van der Waals surface area contributed by atoms with E-state index >= 15 is 0 Å². The van der Waals surface area contributed by atoms with Crippen LogP contribution in [0.15, 0.2) is 146 Å². The van der Waals surface area contributed by atoms with Gasteiger partial charge in [0.2, 0.25) is 0 Å². The molecule has 0 radical (unpaired) electrons. The Morgan fingerprint density at radius 2 is 1.17 bits per heavy atom. The number of fused-ring (bicyclic) bond motifs is 8. The van der Waals surface area contributed by atoms with Gasteiger partial charge in [-0.1, -0.05) is 66.7 Å². The van der Waals surface area contributed by atoms with E-state index in [9.17, 15) is 0 Å². The molecule has 0 aliphatic rings. The van der Waals surface area contributed by atoms with Gasteiger partial charge < -0.3 is 4.57 Å². The first-order valence-electron chi connectivity index (χ1n) is 14.2. The van der Waals surface area contributed by atoms with Crippen LogP contribution < -0.4 is 0 Å². The summed E-state index contributed by atoms with van der Waals surface area (Å²) in [5.74, 6) is 0.897. The molecule has 0 atom stereocenters. The molecule has 0 saturated carbocycles. The van der Waals surface area contributed by atoms with Gasteiger partial charge in [0.05, 0.1) is 22.1 Å². The molecule has 5 aromatic carbocycles. The fourth-order valence-corrected chi connectivity index (χ4v) is 6.57. The molecular formula is C38H24N4. The van der Waals surface area contributed by atoms with Crippen LogP contribution in [0, 0.1) is 0 Å². The van der Waals surface area contributed by atoms with Crippen LogP contribution in [-0.2, 0) is 0 Å². The van der Waals surface area contributed by atoms with Crippen LogP contribution in [0.4, 0.5) is 0 Å². The Hall–Kier alpha value is -5.74. The van der Waals surface area contributed by atoms with Crippen molar-refractivity contribution in [3.05, 3.63) is 146 Å². The molecule has 0 saturated heterocycles. The zero-order chi connectivity index (χ0) is 27.6. The molecule has 4 nitrogen and oxygen atoms in total. The van der Waals surface area contributed by atoms with Gasteiger partial charge in [-0.05, 0) is 71.6 Å². The monoisotopic (exact) mass is 536 g/mol. The number of hydrogen-bond acceptors (Lipinski definition) is 2. The highest BCUT2D eigenvalue weighted by molar-refractivity contribution is 6.22. The Morgan fingerprint density at radius 1 is 0.452 bits per heavy atom. The standard InChI is InChI=1S/C38H24N4/c1-2-8-28(9-3-1)41-34-12-6-4-10-29(34)31-16-14-26-22-33-30-11-5-7-13-35(30)42(36(33)23-32(26)38(31)41)37-17-15-27(24-40-37)25-18-20-39-21-19-25/h1-24H. The second kappa shape index (κ2) is 8.88. The Bertz CT molecular complexity index is 2430. The van der Waals surface area contributed by atoms with E-state index in [0.717, 1.165) is 33.7 Å². The van der Waals surface area contributed by atoms with E-state index in [1.54, 1.807) is 0 Å². The molecule has 4 aromatic heterocycles. The zero-order valence-electron chi connectivity index (χ0n) is 22.6.